The Morgan fingerprint density at radius 2 is 1.70 bits per heavy atom. The minimum Gasteiger partial charge on any atom is -0.508 e. The molecule has 61 heavy (non-hydrogen) atoms. The molecular formula is C43H43N3O15. The van der Waals surface area contributed by atoms with Crippen LogP contribution in [-0.4, -0.2) is 121 Å². The van der Waals surface area contributed by atoms with Crippen LogP contribution in [0.15, 0.2) is 94.6 Å². The number of fused-ring (bicyclic) bond motifs is 2. The molecule has 4 heterocycles. The number of aromatic nitrogens is 2. The average molecular weight is 842 g/mol. The number of aryl methyl sites for hydroxylation is 2. The van der Waals surface area contributed by atoms with Crippen molar-refractivity contribution in [1.82, 2.24) is 15.0 Å². The molecule has 0 bridgehead atoms. The molecule has 0 amide bonds. The highest BCUT2D eigenvalue weighted by atomic mass is 16.8. The number of esters is 1. The van der Waals surface area contributed by atoms with Crippen LogP contribution in [-0.2, 0) is 23.9 Å². The number of ether oxygens (including phenoxy) is 3. The summed E-state index contributed by atoms with van der Waals surface area (Å²) in [6.45, 7) is 0.0497. The molecule has 1 saturated heterocycles. The van der Waals surface area contributed by atoms with E-state index in [-0.39, 0.29) is 41.0 Å². The number of benzene rings is 3. The second-order valence-electron chi connectivity index (χ2n) is 14.8. The largest absolute Gasteiger partial charge is 0.508 e. The molecule has 1 aliphatic rings. The minimum atomic E-state index is -2.89. The number of carbonyl (C=O) groups excluding carboxylic acids is 2. The first kappa shape index (κ1) is 42.6. The monoisotopic (exact) mass is 841 g/mol. The van der Waals surface area contributed by atoms with Crippen molar-refractivity contribution >= 4 is 40.1 Å². The van der Waals surface area contributed by atoms with E-state index in [1.807, 2.05) is 32.0 Å². The Bertz CT molecular complexity index is 2620. The fraction of sp³-hybridized carbons (Fsp3) is 0.302. The number of aliphatic carboxylic acids is 1. The number of nitrogens with zero attached hydrogens (tertiary/aromatic N) is 1. The van der Waals surface area contributed by atoms with Gasteiger partial charge in [-0.15, -0.1) is 0 Å². The number of rotatable bonds is 16. The van der Waals surface area contributed by atoms with Crippen molar-refractivity contribution in [2.24, 2.45) is 0 Å². The molecule has 18 heteroatoms. The highest BCUT2D eigenvalue weighted by Gasteiger charge is 2.68. The fourth-order valence-electron chi connectivity index (χ4n) is 7.50. The van der Waals surface area contributed by atoms with Gasteiger partial charge in [0.05, 0.1) is 35.9 Å². The van der Waals surface area contributed by atoms with Gasteiger partial charge in [0.1, 0.15) is 48.0 Å². The third kappa shape index (κ3) is 8.07. The Morgan fingerprint density at radius 1 is 0.984 bits per heavy atom. The number of aliphatic hydroxyl groups excluding tert-OH is 2. The second-order valence-corrected chi connectivity index (χ2v) is 14.8. The molecule has 7 rings (SSSR count). The molecule has 0 spiro atoms. The van der Waals surface area contributed by atoms with Gasteiger partial charge in [0.25, 0.3) is 0 Å². The van der Waals surface area contributed by atoms with Crippen molar-refractivity contribution in [3.8, 4) is 33.9 Å². The van der Waals surface area contributed by atoms with Gasteiger partial charge in [-0.05, 0) is 61.9 Å². The highest BCUT2D eigenvalue weighted by molar-refractivity contribution is 5.98. The quantitative estimate of drug-likeness (QED) is 0.0299. The van der Waals surface area contributed by atoms with Gasteiger partial charge in [0.15, 0.2) is 16.6 Å². The summed E-state index contributed by atoms with van der Waals surface area (Å²) in [6, 6.07) is 15.7. The Morgan fingerprint density at radius 3 is 2.38 bits per heavy atom. The third-order valence-corrected chi connectivity index (χ3v) is 10.6. The van der Waals surface area contributed by atoms with E-state index in [2.05, 4.69) is 10.3 Å². The number of aromatic amines is 1. The van der Waals surface area contributed by atoms with E-state index >= 15 is 0 Å². The summed E-state index contributed by atoms with van der Waals surface area (Å²) in [5.41, 5.74) is -1.79. The predicted octanol–water partition coefficient (Wildman–Crippen LogP) is 1.96. The molecule has 1 aliphatic heterocycles. The first-order valence-corrected chi connectivity index (χ1v) is 19.1. The number of aldehydes is 1. The van der Waals surface area contributed by atoms with Crippen LogP contribution in [0.3, 0.4) is 0 Å². The zero-order valence-corrected chi connectivity index (χ0v) is 32.8. The lowest BCUT2D eigenvalue weighted by molar-refractivity contribution is -0.368. The summed E-state index contributed by atoms with van der Waals surface area (Å²) < 4.78 is 24.8. The van der Waals surface area contributed by atoms with E-state index in [4.69, 9.17) is 23.5 Å². The van der Waals surface area contributed by atoms with Crippen LogP contribution in [0, 0.1) is 13.8 Å². The van der Waals surface area contributed by atoms with Gasteiger partial charge >= 0.3 is 11.9 Å². The van der Waals surface area contributed by atoms with Gasteiger partial charge in [0, 0.05) is 36.2 Å². The zero-order valence-electron chi connectivity index (χ0n) is 32.8. The Hall–Kier alpha value is -6.54. The number of carbonyl (C=O) groups is 3. The number of H-pyrrole nitrogens is 1. The van der Waals surface area contributed by atoms with E-state index in [0.717, 1.165) is 11.1 Å². The lowest BCUT2D eigenvalue weighted by Gasteiger charge is -2.54. The summed E-state index contributed by atoms with van der Waals surface area (Å²) in [5, 5.41) is 68.9. The normalized spacial score (nSPS) is 21.9. The first-order valence-electron chi connectivity index (χ1n) is 19.1. The van der Waals surface area contributed by atoms with Crippen LogP contribution in [0.25, 0.3) is 44.3 Å². The van der Waals surface area contributed by atoms with Crippen molar-refractivity contribution in [3.63, 3.8) is 0 Å². The van der Waals surface area contributed by atoms with Gasteiger partial charge in [0.2, 0.25) is 18.4 Å². The van der Waals surface area contributed by atoms with Gasteiger partial charge < -0.3 is 63.9 Å². The number of phenolic OH excluding ortho intramolecular Hbond substituents is 1. The minimum absolute atomic E-state index is 0.0114. The van der Waals surface area contributed by atoms with Crippen LogP contribution in [0.1, 0.15) is 17.5 Å². The summed E-state index contributed by atoms with van der Waals surface area (Å²) in [4.78, 5) is 58.9. The van der Waals surface area contributed by atoms with Crippen molar-refractivity contribution in [3.05, 3.63) is 107 Å². The number of hydrogen-bond donors (Lipinski definition) is 8. The molecular weight excluding hydrogens is 798 g/mol. The molecule has 6 unspecified atom stereocenters. The maximum atomic E-state index is 13.6. The molecule has 0 aliphatic carbocycles. The van der Waals surface area contributed by atoms with E-state index in [1.54, 1.807) is 30.6 Å². The number of nitrogens with one attached hydrogen (secondary N) is 2. The van der Waals surface area contributed by atoms with E-state index in [9.17, 15) is 49.8 Å². The second kappa shape index (κ2) is 17.2. The maximum absolute atomic E-state index is 13.6. The number of phenols is 1. The van der Waals surface area contributed by atoms with Crippen LogP contribution < -0.4 is 20.3 Å². The lowest BCUT2D eigenvalue weighted by Crippen LogP contribution is -2.79. The smallest absolute Gasteiger partial charge is 0.334 e. The number of carboxylic acid groups (broad SMARTS) is 1. The van der Waals surface area contributed by atoms with Crippen LogP contribution in [0.2, 0.25) is 0 Å². The summed E-state index contributed by atoms with van der Waals surface area (Å²) in [5.74, 6) is -3.02. The fourth-order valence-corrected chi connectivity index (χ4v) is 7.50. The molecule has 18 nitrogen and oxygen atoms in total. The number of aliphatic hydroxyl groups is 4. The van der Waals surface area contributed by atoms with E-state index in [0.29, 0.717) is 34.0 Å². The SMILES string of the molecule is Cc1cc(C)cc(-c2c3[nH]ccc3cn2OC2C(Oc3ccc4c(=O)c(-c5ccc(O)cc5)coc4c3)OC(COC(=O)C(NCCC=O)C(=O)O)C(O)(CO)C2(O)CO)c1. The van der Waals surface area contributed by atoms with Gasteiger partial charge in [-0.1, -0.05) is 29.3 Å². The summed E-state index contributed by atoms with van der Waals surface area (Å²) >= 11 is 0. The topological polar surface area (TPSA) is 272 Å². The number of carboxylic acids is 1. The van der Waals surface area contributed by atoms with Crippen molar-refractivity contribution in [2.45, 2.75) is 56.0 Å². The van der Waals surface area contributed by atoms with Crippen LogP contribution in [0.4, 0.5) is 0 Å². The predicted molar refractivity (Wildman–Crippen MR) is 216 cm³/mol. The standard InChI is InChI=1S/C43H43N3O15/c1-23-14-24(2)16-27(15-23)36-34-26(10-12-45-34)18-46(36)61-38-41(59-29-8-9-30-32(17-29)57-19-31(37(30)51)25-4-6-28(50)7-5-25)60-33(42(55,21-48)43(38,56)22-49)20-58-40(54)35(39(52)53)44-11-3-13-47/h4-10,12-19,33,35,38,41,44-45,48-50,55-56H,3,11,20-22H2,1-2H3,(H,52,53). The Balaban J connectivity index is 1.29. The Labute approximate surface area is 346 Å². The van der Waals surface area contributed by atoms with Gasteiger partial charge in [-0.2, -0.15) is 4.73 Å². The van der Waals surface area contributed by atoms with E-state index < -0.39 is 72.9 Å². The van der Waals surface area contributed by atoms with Gasteiger partial charge in [-0.3, -0.25) is 10.1 Å². The van der Waals surface area contributed by atoms with Crippen LogP contribution >= 0.6 is 0 Å². The number of hydrogen-bond acceptors (Lipinski definition) is 15. The molecule has 320 valence electrons. The highest BCUT2D eigenvalue weighted by Crippen LogP contribution is 2.41. The van der Waals surface area contributed by atoms with Crippen molar-refractivity contribution in [1.29, 1.82) is 0 Å². The number of aromatic hydroxyl groups is 1. The molecule has 1 fully saturated rings. The third-order valence-electron chi connectivity index (χ3n) is 10.6. The molecule has 3 aromatic heterocycles. The Kier molecular flexibility index (Phi) is 12.0. The van der Waals surface area contributed by atoms with Gasteiger partial charge in [-0.25, -0.2) is 9.59 Å². The lowest BCUT2D eigenvalue weighted by atomic mass is 9.73. The van der Waals surface area contributed by atoms with Crippen LogP contribution in [0.5, 0.6) is 11.5 Å². The molecule has 0 saturated carbocycles. The van der Waals surface area contributed by atoms with Crippen molar-refractivity contribution < 1.29 is 68.5 Å². The van der Waals surface area contributed by atoms with Crippen molar-refractivity contribution in [2.75, 3.05) is 26.4 Å². The summed E-state index contributed by atoms with van der Waals surface area (Å²) in [6.07, 6.45) is -0.731. The maximum Gasteiger partial charge on any atom is 0.334 e. The average Bonchev–Trinajstić information content (AvgIpc) is 3.83. The summed E-state index contributed by atoms with van der Waals surface area (Å²) in [7, 11) is 0. The molecule has 0 radical (unpaired) electrons. The molecule has 6 aromatic rings. The molecule has 3 aromatic carbocycles. The zero-order chi connectivity index (χ0) is 43.6. The molecule has 8 N–H and O–H groups in total. The molecule has 6 atom stereocenters. The first-order chi connectivity index (χ1) is 29.2. The van der Waals surface area contributed by atoms with E-state index in [1.165, 1.54) is 41.3 Å².